The van der Waals surface area contributed by atoms with Crippen LogP contribution >= 0.6 is 15.9 Å². The minimum absolute atomic E-state index is 0.00107. The van der Waals surface area contributed by atoms with Crippen LogP contribution in [0.4, 0.5) is 22.0 Å². The quantitative estimate of drug-likeness (QED) is 0.196. The molecule has 0 spiro atoms. The molecule has 0 saturated heterocycles. The third-order valence-electron chi connectivity index (χ3n) is 8.05. The van der Waals surface area contributed by atoms with Crippen molar-refractivity contribution in [2.75, 3.05) is 19.6 Å². The predicted octanol–water partition coefficient (Wildman–Crippen LogP) is 6.98. The summed E-state index contributed by atoms with van der Waals surface area (Å²) in [5.74, 6) is -4.07. The highest BCUT2D eigenvalue weighted by Gasteiger charge is 2.39. The summed E-state index contributed by atoms with van der Waals surface area (Å²) in [6.45, 7) is 6.04. The Hall–Kier alpha value is -3.84. The summed E-state index contributed by atoms with van der Waals surface area (Å²) in [6, 6.07) is 19.3. The summed E-state index contributed by atoms with van der Waals surface area (Å²) in [4.78, 5) is 37.7. The first-order chi connectivity index (χ1) is 22.2. The van der Waals surface area contributed by atoms with Crippen LogP contribution in [0.25, 0.3) is 0 Å². The number of nitrogens with zero attached hydrogens (tertiary/aromatic N) is 1. The second kappa shape index (κ2) is 17.4. The van der Waals surface area contributed by atoms with E-state index in [1.807, 2.05) is 38.1 Å². The number of hydrogen-bond donors (Lipinski definition) is 3. The van der Waals surface area contributed by atoms with E-state index in [4.69, 9.17) is 9.90 Å². The maximum Gasteiger partial charge on any atom is 0.490 e. The molecule has 3 atom stereocenters. The number of carboxylic acids is 1. The first kappa shape index (κ1) is 37.6. The zero-order valence-electron chi connectivity index (χ0n) is 25.9. The normalized spacial score (nSPS) is 17.9. The van der Waals surface area contributed by atoms with Crippen LogP contribution in [-0.4, -0.2) is 59.6 Å². The molecular weight excluding hydrogens is 689 g/mol. The molecule has 1 fully saturated rings. The largest absolute Gasteiger partial charge is 0.490 e. The van der Waals surface area contributed by atoms with Gasteiger partial charge in [-0.2, -0.15) is 13.2 Å². The van der Waals surface area contributed by atoms with E-state index >= 15 is 0 Å². The summed E-state index contributed by atoms with van der Waals surface area (Å²) in [6.07, 6.45) is -3.16. The van der Waals surface area contributed by atoms with Crippen molar-refractivity contribution in [1.82, 2.24) is 15.5 Å². The number of amides is 2. The lowest BCUT2D eigenvalue weighted by Crippen LogP contribution is -2.47. The number of carbonyl (C=O) groups excluding carboxylic acids is 2. The van der Waals surface area contributed by atoms with E-state index < -0.39 is 18.2 Å². The molecule has 47 heavy (non-hydrogen) atoms. The first-order valence-corrected chi connectivity index (χ1v) is 15.9. The summed E-state index contributed by atoms with van der Waals surface area (Å²) in [5, 5.41) is 13.5. The van der Waals surface area contributed by atoms with Crippen LogP contribution in [0.3, 0.4) is 0 Å². The molecule has 0 bridgehead atoms. The molecule has 0 heterocycles. The average molecular weight is 727 g/mol. The van der Waals surface area contributed by atoms with E-state index in [2.05, 4.69) is 31.5 Å². The maximum atomic E-state index is 13.9. The fraction of sp³-hybridized carbons (Fsp3) is 0.382. The Labute approximate surface area is 278 Å². The Morgan fingerprint density at radius 3 is 1.81 bits per heavy atom. The third-order valence-corrected chi connectivity index (χ3v) is 8.58. The molecule has 0 aliphatic heterocycles. The van der Waals surface area contributed by atoms with E-state index in [9.17, 15) is 31.5 Å². The van der Waals surface area contributed by atoms with Gasteiger partial charge in [-0.15, -0.1) is 0 Å². The lowest BCUT2D eigenvalue weighted by atomic mass is 9.73. The monoisotopic (exact) mass is 725 g/mol. The molecule has 1 aliphatic rings. The number of benzene rings is 3. The SMILES string of the molecule is CCN(CC)CC(=O)N[C@@H]1CC[C@@H](C(=O)NC(c2ccc(F)cc2)c2ccc(F)cc2)[C@H](c2ccc(Br)cc2)C1.O=C(O)C(F)(F)F. The molecule has 7 nitrogen and oxygen atoms in total. The van der Waals surface area contributed by atoms with Gasteiger partial charge in [0.25, 0.3) is 0 Å². The Bertz CT molecular complexity index is 1420. The minimum Gasteiger partial charge on any atom is -0.475 e. The number of alkyl halides is 3. The molecule has 3 aromatic carbocycles. The van der Waals surface area contributed by atoms with E-state index in [1.54, 1.807) is 24.3 Å². The standard InChI is InChI=1S/C32H36BrF2N3O2.C2HF3O2/c1-3-38(4-2)20-30(39)36-27-17-18-28(29(19-27)21-5-11-24(33)12-6-21)32(40)37-31(22-7-13-25(34)14-8-22)23-9-15-26(35)16-10-23;3-2(4,5)1(6)7/h5-16,27-29,31H,3-4,17-20H2,1-2H3,(H,36,39)(H,37,40);(H,6,7)/t27-,28-,29+;/m1./s1. The topological polar surface area (TPSA) is 98.7 Å². The van der Waals surface area contributed by atoms with Gasteiger partial charge in [0, 0.05) is 16.4 Å². The van der Waals surface area contributed by atoms with Crippen LogP contribution in [0.1, 0.15) is 61.8 Å². The molecule has 0 aromatic heterocycles. The van der Waals surface area contributed by atoms with Crippen LogP contribution in [0.5, 0.6) is 0 Å². The average Bonchev–Trinajstić information content (AvgIpc) is 3.03. The molecule has 254 valence electrons. The van der Waals surface area contributed by atoms with Crippen LogP contribution in [-0.2, 0) is 14.4 Å². The zero-order valence-corrected chi connectivity index (χ0v) is 27.5. The van der Waals surface area contributed by atoms with Crippen molar-refractivity contribution >= 4 is 33.7 Å². The van der Waals surface area contributed by atoms with Crippen molar-refractivity contribution in [3.63, 3.8) is 0 Å². The molecule has 2 amide bonds. The van der Waals surface area contributed by atoms with Gasteiger partial charge in [0.05, 0.1) is 12.6 Å². The number of nitrogens with one attached hydrogen (secondary N) is 2. The van der Waals surface area contributed by atoms with Crippen LogP contribution in [0.15, 0.2) is 77.3 Å². The van der Waals surface area contributed by atoms with Crippen molar-refractivity contribution in [1.29, 1.82) is 0 Å². The number of likely N-dealkylation sites (N-methyl/N-ethyl adjacent to an activating group) is 1. The van der Waals surface area contributed by atoms with Crippen molar-refractivity contribution in [3.8, 4) is 0 Å². The summed E-state index contributed by atoms with van der Waals surface area (Å²) < 4.78 is 60.1. The molecule has 1 aliphatic carbocycles. The fourth-order valence-electron chi connectivity index (χ4n) is 5.54. The molecule has 3 aromatic rings. The summed E-state index contributed by atoms with van der Waals surface area (Å²) >= 11 is 3.49. The number of rotatable bonds is 10. The van der Waals surface area contributed by atoms with Crippen LogP contribution in [0, 0.1) is 17.6 Å². The predicted molar refractivity (Wildman–Crippen MR) is 170 cm³/mol. The van der Waals surface area contributed by atoms with Gasteiger partial charge < -0.3 is 15.7 Å². The molecule has 3 N–H and O–H groups in total. The van der Waals surface area contributed by atoms with Crippen LogP contribution < -0.4 is 10.6 Å². The smallest absolute Gasteiger partial charge is 0.475 e. The zero-order chi connectivity index (χ0) is 34.7. The van der Waals surface area contributed by atoms with E-state index in [0.29, 0.717) is 36.9 Å². The van der Waals surface area contributed by atoms with Crippen molar-refractivity contribution in [3.05, 3.63) is 106 Å². The van der Waals surface area contributed by atoms with Gasteiger partial charge in [-0.25, -0.2) is 13.6 Å². The molecule has 0 radical (unpaired) electrons. The highest BCUT2D eigenvalue weighted by atomic mass is 79.9. The van der Waals surface area contributed by atoms with Crippen molar-refractivity contribution < 1.29 is 41.4 Å². The highest BCUT2D eigenvalue weighted by molar-refractivity contribution is 9.10. The minimum atomic E-state index is -5.08. The van der Waals surface area contributed by atoms with E-state index in [1.165, 1.54) is 24.3 Å². The summed E-state index contributed by atoms with van der Waals surface area (Å²) in [5.41, 5.74) is 2.45. The Morgan fingerprint density at radius 1 is 0.872 bits per heavy atom. The number of halogens is 6. The lowest BCUT2D eigenvalue weighted by Gasteiger charge is -2.37. The van der Waals surface area contributed by atoms with E-state index in [-0.39, 0.29) is 41.3 Å². The van der Waals surface area contributed by atoms with Gasteiger partial charge in [0.1, 0.15) is 11.6 Å². The second-order valence-corrected chi connectivity index (χ2v) is 12.1. The number of hydrogen-bond acceptors (Lipinski definition) is 4. The van der Waals surface area contributed by atoms with Crippen LogP contribution in [0.2, 0.25) is 0 Å². The maximum absolute atomic E-state index is 13.9. The highest BCUT2D eigenvalue weighted by Crippen LogP contribution is 2.39. The Morgan fingerprint density at radius 2 is 1.36 bits per heavy atom. The van der Waals surface area contributed by atoms with Gasteiger partial charge >= 0.3 is 12.1 Å². The summed E-state index contributed by atoms with van der Waals surface area (Å²) in [7, 11) is 0. The Balaban J connectivity index is 0.000000771. The molecular formula is C34H37BrF5N3O4. The number of carbonyl (C=O) groups is 3. The number of aliphatic carboxylic acids is 1. The number of carboxylic acid groups (broad SMARTS) is 1. The van der Waals surface area contributed by atoms with Gasteiger partial charge in [0.15, 0.2) is 0 Å². The first-order valence-electron chi connectivity index (χ1n) is 15.1. The third kappa shape index (κ3) is 11.4. The molecule has 4 rings (SSSR count). The fourth-order valence-corrected chi connectivity index (χ4v) is 5.80. The molecule has 13 heteroatoms. The van der Waals surface area contributed by atoms with Gasteiger partial charge in [0.2, 0.25) is 11.8 Å². The van der Waals surface area contributed by atoms with Crippen molar-refractivity contribution in [2.24, 2.45) is 5.92 Å². The van der Waals surface area contributed by atoms with E-state index in [0.717, 1.165) is 23.1 Å². The van der Waals surface area contributed by atoms with Gasteiger partial charge in [-0.05, 0) is 91.4 Å². The molecule has 0 unspecified atom stereocenters. The second-order valence-electron chi connectivity index (χ2n) is 11.2. The van der Waals surface area contributed by atoms with Gasteiger partial charge in [-0.1, -0.05) is 66.2 Å². The van der Waals surface area contributed by atoms with Gasteiger partial charge in [-0.3, -0.25) is 14.5 Å². The van der Waals surface area contributed by atoms with Crippen molar-refractivity contribution in [2.45, 2.75) is 57.3 Å². The molecule has 1 saturated carbocycles. The lowest BCUT2D eigenvalue weighted by molar-refractivity contribution is -0.192. The Kier molecular flexibility index (Phi) is 13.9.